The number of thioether (sulfide) groups is 2. The quantitative estimate of drug-likeness (QED) is 0.163. The third-order valence-electron chi connectivity index (χ3n) is 5.93. The molecule has 190 valence electrons. The lowest BCUT2D eigenvalue weighted by molar-refractivity contribution is 0.225. The van der Waals surface area contributed by atoms with Crippen LogP contribution in [0.3, 0.4) is 0 Å². The summed E-state index contributed by atoms with van der Waals surface area (Å²) in [6, 6.07) is 22.1. The van der Waals surface area contributed by atoms with Gasteiger partial charge in [0.05, 0.1) is 24.5 Å². The first-order valence-electron chi connectivity index (χ1n) is 12.7. The Morgan fingerprint density at radius 2 is 1.67 bits per heavy atom. The number of nitriles is 1. The molecule has 0 saturated carbocycles. The van der Waals surface area contributed by atoms with Crippen LogP contribution in [0.25, 0.3) is 22.4 Å². The van der Waals surface area contributed by atoms with Crippen LogP contribution in [0, 0.1) is 11.3 Å². The SMILES string of the molecule is CCCCCCCCSCC(O)CSc1nc(-c2ccc(OC)cc2)cc(-c2ccccc2)c1C#N. The fourth-order valence-electron chi connectivity index (χ4n) is 3.92. The van der Waals surface area contributed by atoms with Crippen molar-refractivity contribution in [1.29, 1.82) is 5.26 Å². The number of aliphatic hydroxyl groups excluding tert-OH is 1. The fraction of sp³-hybridized carbons (Fsp3) is 0.400. The van der Waals surface area contributed by atoms with Gasteiger partial charge in [-0.3, -0.25) is 0 Å². The fourth-order valence-corrected chi connectivity index (χ4v) is 5.96. The molecule has 0 radical (unpaired) electrons. The minimum absolute atomic E-state index is 0.446. The zero-order valence-corrected chi connectivity index (χ0v) is 22.9. The average Bonchev–Trinajstić information content (AvgIpc) is 2.93. The molecule has 3 rings (SSSR count). The molecule has 1 heterocycles. The van der Waals surface area contributed by atoms with E-state index in [-0.39, 0.29) is 0 Å². The van der Waals surface area contributed by atoms with Crippen LogP contribution in [0.4, 0.5) is 0 Å². The van der Waals surface area contributed by atoms with Gasteiger partial charge in [-0.25, -0.2) is 4.98 Å². The van der Waals surface area contributed by atoms with E-state index in [4.69, 9.17) is 9.72 Å². The number of unbranched alkanes of at least 4 members (excludes halogenated alkanes) is 5. The van der Waals surface area contributed by atoms with Gasteiger partial charge in [-0.2, -0.15) is 17.0 Å². The average molecular weight is 521 g/mol. The van der Waals surface area contributed by atoms with Gasteiger partial charge in [-0.1, -0.05) is 69.4 Å². The van der Waals surface area contributed by atoms with Gasteiger partial charge in [-0.15, -0.1) is 11.8 Å². The number of nitrogens with zero attached hydrogens (tertiary/aromatic N) is 2. The monoisotopic (exact) mass is 520 g/mol. The highest BCUT2D eigenvalue weighted by atomic mass is 32.2. The number of hydrogen-bond donors (Lipinski definition) is 1. The van der Waals surface area contributed by atoms with Crippen molar-refractivity contribution in [2.75, 3.05) is 24.4 Å². The molecule has 0 aliphatic carbocycles. The number of aliphatic hydroxyl groups is 1. The Balaban J connectivity index is 1.71. The van der Waals surface area contributed by atoms with Crippen molar-refractivity contribution in [3.05, 3.63) is 66.2 Å². The lowest BCUT2D eigenvalue weighted by Crippen LogP contribution is -2.14. The molecular formula is C30H36N2O2S2. The molecule has 1 unspecified atom stereocenters. The first-order chi connectivity index (χ1) is 17.7. The number of hydrogen-bond acceptors (Lipinski definition) is 6. The Kier molecular flexibility index (Phi) is 12.2. The minimum atomic E-state index is -0.446. The topological polar surface area (TPSA) is 66.1 Å². The maximum absolute atomic E-state index is 10.6. The minimum Gasteiger partial charge on any atom is -0.497 e. The number of ether oxygens (including phenoxy) is 1. The van der Waals surface area contributed by atoms with Crippen LogP contribution in [0.1, 0.15) is 51.0 Å². The maximum Gasteiger partial charge on any atom is 0.118 e. The smallest absolute Gasteiger partial charge is 0.118 e. The molecule has 1 atom stereocenters. The van der Waals surface area contributed by atoms with E-state index in [1.54, 1.807) is 7.11 Å². The zero-order chi connectivity index (χ0) is 25.6. The van der Waals surface area contributed by atoms with Gasteiger partial charge < -0.3 is 9.84 Å². The van der Waals surface area contributed by atoms with E-state index in [9.17, 15) is 10.4 Å². The molecule has 0 aliphatic heterocycles. The first kappa shape index (κ1) is 28.1. The second kappa shape index (κ2) is 15.6. The van der Waals surface area contributed by atoms with E-state index in [1.807, 2.05) is 72.4 Å². The molecule has 4 nitrogen and oxygen atoms in total. The highest BCUT2D eigenvalue weighted by Crippen LogP contribution is 2.35. The molecule has 1 N–H and O–H groups in total. The van der Waals surface area contributed by atoms with Crippen molar-refractivity contribution < 1.29 is 9.84 Å². The predicted octanol–water partition coefficient (Wildman–Crippen LogP) is 7.84. The van der Waals surface area contributed by atoms with Crippen molar-refractivity contribution in [3.8, 4) is 34.2 Å². The van der Waals surface area contributed by atoms with Crippen molar-refractivity contribution in [2.45, 2.75) is 56.6 Å². The Morgan fingerprint density at radius 1 is 0.944 bits per heavy atom. The van der Waals surface area contributed by atoms with Gasteiger partial charge in [0.25, 0.3) is 0 Å². The molecule has 3 aromatic rings. The van der Waals surface area contributed by atoms with E-state index in [0.717, 1.165) is 33.9 Å². The summed E-state index contributed by atoms with van der Waals surface area (Å²) in [6.45, 7) is 2.24. The summed E-state index contributed by atoms with van der Waals surface area (Å²) in [5.41, 5.74) is 4.13. The highest BCUT2D eigenvalue weighted by molar-refractivity contribution is 8.00. The van der Waals surface area contributed by atoms with Gasteiger partial charge in [0, 0.05) is 22.6 Å². The Hall–Kier alpha value is -2.46. The van der Waals surface area contributed by atoms with E-state index in [2.05, 4.69) is 13.0 Å². The largest absolute Gasteiger partial charge is 0.497 e. The third-order valence-corrected chi connectivity index (χ3v) is 8.25. The zero-order valence-electron chi connectivity index (χ0n) is 21.3. The van der Waals surface area contributed by atoms with E-state index in [1.165, 1.54) is 50.3 Å². The number of pyridine rings is 1. The van der Waals surface area contributed by atoms with Gasteiger partial charge in [0.2, 0.25) is 0 Å². The van der Waals surface area contributed by atoms with Crippen molar-refractivity contribution in [1.82, 2.24) is 4.98 Å². The summed E-state index contributed by atoms with van der Waals surface area (Å²) in [4.78, 5) is 4.85. The molecule has 0 amide bonds. The van der Waals surface area contributed by atoms with E-state index < -0.39 is 6.10 Å². The molecule has 2 aromatic carbocycles. The summed E-state index contributed by atoms with van der Waals surface area (Å²) in [7, 11) is 1.65. The third kappa shape index (κ3) is 8.58. The number of benzene rings is 2. The summed E-state index contributed by atoms with van der Waals surface area (Å²) in [5, 5.41) is 21.3. The summed E-state index contributed by atoms with van der Waals surface area (Å²) >= 11 is 3.27. The normalized spacial score (nSPS) is 11.7. The van der Waals surface area contributed by atoms with Crippen molar-refractivity contribution in [3.63, 3.8) is 0 Å². The maximum atomic E-state index is 10.6. The molecule has 0 spiro atoms. The van der Waals surface area contributed by atoms with E-state index in [0.29, 0.717) is 22.1 Å². The van der Waals surface area contributed by atoms with E-state index >= 15 is 0 Å². The number of aromatic nitrogens is 1. The standard InChI is InChI=1S/C30H36N2O2S2/c1-3-4-5-6-7-11-18-35-21-25(33)22-36-30-28(20-31)27(23-12-9-8-10-13-23)19-29(32-30)24-14-16-26(34-2)17-15-24/h8-10,12-17,19,25,33H,3-7,11,18,21-22H2,1-2H3. The van der Waals surface area contributed by atoms with Crippen LogP contribution >= 0.6 is 23.5 Å². The Labute approximate surface area is 224 Å². The van der Waals surface area contributed by atoms with Crippen LogP contribution in [0.2, 0.25) is 0 Å². The van der Waals surface area contributed by atoms with Crippen LogP contribution in [0.5, 0.6) is 5.75 Å². The van der Waals surface area contributed by atoms with Crippen LogP contribution in [-0.4, -0.2) is 40.6 Å². The molecule has 0 bridgehead atoms. The van der Waals surface area contributed by atoms with Gasteiger partial charge >= 0.3 is 0 Å². The molecular weight excluding hydrogens is 484 g/mol. The summed E-state index contributed by atoms with van der Waals surface area (Å²) < 4.78 is 5.30. The Bertz CT molecular complexity index is 1100. The lowest BCUT2D eigenvalue weighted by Gasteiger charge is -2.14. The van der Waals surface area contributed by atoms with Crippen molar-refractivity contribution >= 4 is 23.5 Å². The second-order valence-corrected chi connectivity index (χ2v) is 10.9. The predicted molar refractivity (Wildman–Crippen MR) is 154 cm³/mol. The van der Waals surface area contributed by atoms with Crippen LogP contribution < -0.4 is 4.74 Å². The number of methoxy groups -OCH3 is 1. The second-order valence-electron chi connectivity index (χ2n) is 8.75. The highest BCUT2D eigenvalue weighted by Gasteiger charge is 2.17. The van der Waals surface area contributed by atoms with Gasteiger partial charge in [0.15, 0.2) is 0 Å². The molecule has 0 saturated heterocycles. The summed E-state index contributed by atoms with van der Waals surface area (Å²) in [5.74, 6) is 3.08. The Morgan fingerprint density at radius 3 is 2.36 bits per heavy atom. The van der Waals surface area contributed by atoms with Crippen LogP contribution in [0.15, 0.2) is 65.7 Å². The van der Waals surface area contributed by atoms with Crippen molar-refractivity contribution in [2.24, 2.45) is 0 Å². The van der Waals surface area contributed by atoms with Crippen LogP contribution in [-0.2, 0) is 0 Å². The lowest BCUT2D eigenvalue weighted by atomic mass is 9.99. The van der Waals surface area contributed by atoms with Gasteiger partial charge in [0.1, 0.15) is 16.8 Å². The molecule has 1 aromatic heterocycles. The molecule has 36 heavy (non-hydrogen) atoms. The van der Waals surface area contributed by atoms with Gasteiger partial charge in [-0.05, 0) is 48.1 Å². The molecule has 0 aliphatic rings. The summed E-state index contributed by atoms with van der Waals surface area (Å²) in [6.07, 6.45) is 7.27. The molecule has 6 heteroatoms. The first-order valence-corrected chi connectivity index (χ1v) is 14.8. The number of rotatable bonds is 15. The molecule has 0 fully saturated rings.